The minimum Gasteiger partial charge on any atom is -0.336 e. The van der Waals surface area contributed by atoms with Crippen molar-refractivity contribution in [3.05, 3.63) is 55.1 Å². The number of hydrogen-bond acceptors (Lipinski definition) is 2. The number of thiophene rings is 1. The zero-order valence-electron chi connectivity index (χ0n) is 10.3. The predicted molar refractivity (Wildman–Crippen MR) is 79.2 cm³/mol. The highest BCUT2D eigenvalue weighted by Gasteiger charge is 2.19. The summed E-state index contributed by atoms with van der Waals surface area (Å²) in [7, 11) is 1.53. The number of rotatable bonds is 3. The first-order valence-electron chi connectivity index (χ1n) is 5.51. The van der Waals surface area contributed by atoms with E-state index >= 15 is 0 Å². The lowest BCUT2D eigenvalue weighted by Gasteiger charge is -2.16. The Hall–Kier alpha value is -0.980. The molecule has 0 saturated heterocycles. The maximum Gasteiger partial charge on any atom is 0.257 e. The average molecular weight is 381 g/mol. The molecule has 0 fully saturated rings. The Balaban J connectivity index is 2.20. The van der Waals surface area contributed by atoms with Gasteiger partial charge in [-0.05, 0) is 34.1 Å². The van der Waals surface area contributed by atoms with Gasteiger partial charge in [0.05, 0.1) is 17.1 Å². The Morgan fingerprint density at radius 1 is 1.35 bits per heavy atom. The van der Waals surface area contributed by atoms with Gasteiger partial charge >= 0.3 is 0 Å². The second-order valence-electron chi connectivity index (χ2n) is 4.14. The van der Waals surface area contributed by atoms with Crippen molar-refractivity contribution in [1.29, 1.82) is 0 Å². The van der Waals surface area contributed by atoms with Gasteiger partial charge in [-0.2, -0.15) is 0 Å². The van der Waals surface area contributed by atoms with E-state index in [9.17, 15) is 13.6 Å². The molecule has 2 nitrogen and oxygen atoms in total. The van der Waals surface area contributed by atoms with Crippen molar-refractivity contribution in [2.24, 2.45) is 0 Å². The predicted octanol–water partition coefficient (Wildman–Crippen LogP) is 4.71. The molecule has 0 aliphatic rings. The molecule has 0 spiro atoms. The number of carbonyl (C=O) groups excluding carboxylic acids is 1. The highest BCUT2D eigenvalue weighted by molar-refractivity contribution is 9.10. The molecular weight excluding hydrogens is 372 g/mol. The zero-order valence-corrected chi connectivity index (χ0v) is 13.5. The largest absolute Gasteiger partial charge is 0.336 e. The van der Waals surface area contributed by atoms with Gasteiger partial charge in [0.25, 0.3) is 5.91 Å². The summed E-state index contributed by atoms with van der Waals surface area (Å²) in [6, 6.07) is 3.49. The van der Waals surface area contributed by atoms with Crippen LogP contribution >= 0.6 is 38.9 Å². The molecule has 0 saturated carbocycles. The number of benzene rings is 1. The van der Waals surface area contributed by atoms with Gasteiger partial charge in [0.2, 0.25) is 0 Å². The third-order valence-electron chi connectivity index (χ3n) is 2.60. The van der Waals surface area contributed by atoms with Crippen LogP contribution in [0.15, 0.2) is 28.1 Å². The van der Waals surface area contributed by atoms with E-state index in [4.69, 9.17) is 11.6 Å². The maximum atomic E-state index is 13.7. The summed E-state index contributed by atoms with van der Waals surface area (Å²) in [4.78, 5) is 14.4. The van der Waals surface area contributed by atoms with Gasteiger partial charge in [0.1, 0.15) is 11.6 Å². The van der Waals surface area contributed by atoms with Crippen LogP contribution in [0.5, 0.6) is 0 Å². The molecule has 0 N–H and O–H groups in total. The van der Waals surface area contributed by atoms with Crippen molar-refractivity contribution in [3.8, 4) is 0 Å². The molecule has 0 unspecified atom stereocenters. The van der Waals surface area contributed by atoms with Crippen molar-refractivity contribution in [2.75, 3.05) is 7.05 Å². The number of carbonyl (C=O) groups is 1. The van der Waals surface area contributed by atoms with Gasteiger partial charge in [-0.25, -0.2) is 8.78 Å². The van der Waals surface area contributed by atoms with Crippen LogP contribution in [0.3, 0.4) is 0 Å². The number of halogens is 4. The van der Waals surface area contributed by atoms with Gasteiger partial charge < -0.3 is 4.90 Å². The van der Waals surface area contributed by atoms with Crippen molar-refractivity contribution in [1.82, 2.24) is 4.90 Å². The third kappa shape index (κ3) is 3.37. The molecule has 2 rings (SSSR count). The molecule has 1 aromatic heterocycles. The Morgan fingerprint density at radius 3 is 2.65 bits per heavy atom. The standard InChI is InChI=1S/C13H9BrClF2NOS/c1-18(5-8-2-7(14)6-20-8)13(19)9-3-12(17)10(15)4-11(9)16/h2-4,6H,5H2,1H3. The van der Waals surface area contributed by atoms with E-state index < -0.39 is 17.5 Å². The second-order valence-corrected chi connectivity index (χ2v) is 6.46. The fourth-order valence-electron chi connectivity index (χ4n) is 1.63. The number of nitrogens with zero attached hydrogens (tertiary/aromatic N) is 1. The van der Waals surface area contributed by atoms with E-state index in [2.05, 4.69) is 15.9 Å². The lowest BCUT2D eigenvalue weighted by atomic mass is 10.2. The lowest BCUT2D eigenvalue weighted by molar-refractivity contribution is 0.0781. The van der Waals surface area contributed by atoms with Gasteiger partial charge in [-0.15, -0.1) is 11.3 Å². The number of hydrogen-bond donors (Lipinski definition) is 0. The van der Waals surface area contributed by atoms with Crippen LogP contribution in [0.25, 0.3) is 0 Å². The van der Waals surface area contributed by atoms with Crippen LogP contribution in [-0.4, -0.2) is 17.9 Å². The molecule has 106 valence electrons. The smallest absolute Gasteiger partial charge is 0.257 e. The molecule has 20 heavy (non-hydrogen) atoms. The van der Waals surface area contributed by atoms with Crippen LogP contribution in [0, 0.1) is 11.6 Å². The fraction of sp³-hybridized carbons (Fsp3) is 0.154. The first kappa shape index (κ1) is 15.4. The summed E-state index contributed by atoms with van der Waals surface area (Å²) in [5.74, 6) is -2.24. The zero-order chi connectivity index (χ0) is 14.9. The molecule has 0 radical (unpaired) electrons. The SMILES string of the molecule is CN(Cc1cc(Br)cs1)C(=O)c1cc(F)c(Cl)cc1F. The van der Waals surface area contributed by atoms with Gasteiger partial charge in [-0.1, -0.05) is 11.6 Å². The average Bonchev–Trinajstić information content (AvgIpc) is 2.78. The van der Waals surface area contributed by atoms with E-state index in [0.717, 1.165) is 21.5 Å². The number of amides is 1. The summed E-state index contributed by atoms with van der Waals surface area (Å²) in [6.07, 6.45) is 0. The molecule has 1 heterocycles. The first-order chi connectivity index (χ1) is 9.38. The Bertz CT molecular complexity index is 662. The molecule has 7 heteroatoms. The van der Waals surface area contributed by atoms with Gasteiger partial charge in [0, 0.05) is 21.8 Å². The van der Waals surface area contributed by atoms with Crippen LogP contribution in [0.1, 0.15) is 15.2 Å². The molecular formula is C13H9BrClF2NOS. The first-order valence-corrected chi connectivity index (χ1v) is 7.56. The highest BCUT2D eigenvalue weighted by atomic mass is 79.9. The van der Waals surface area contributed by atoms with E-state index in [1.807, 2.05) is 11.4 Å². The Morgan fingerprint density at radius 2 is 2.05 bits per heavy atom. The fourth-order valence-corrected chi connectivity index (χ4v) is 3.29. The van der Waals surface area contributed by atoms with E-state index in [0.29, 0.717) is 6.54 Å². The van der Waals surface area contributed by atoms with Gasteiger partial charge in [-0.3, -0.25) is 4.79 Å². The summed E-state index contributed by atoms with van der Waals surface area (Å²) in [6.45, 7) is 0.318. The quantitative estimate of drug-likeness (QED) is 0.706. The summed E-state index contributed by atoms with van der Waals surface area (Å²) in [5.41, 5.74) is -0.329. The normalized spacial score (nSPS) is 10.7. The van der Waals surface area contributed by atoms with Crippen molar-refractivity contribution >= 4 is 44.8 Å². The molecule has 2 aromatic rings. The minimum atomic E-state index is -0.833. The van der Waals surface area contributed by atoms with E-state index in [-0.39, 0.29) is 10.6 Å². The van der Waals surface area contributed by atoms with E-state index in [1.165, 1.54) is 23.3 Å². The maximum absolute atomic E-state index is 13.7. The summed E-state index contributed by atoms with van der Waals surface area (Å²) >= 11 is 10.2. The monoisotopic (exact) mass is 379 g/mol. The van der Waals surface area contributed by atoms with E-state index in [1.54, 1.807) is 0 Å². The van der Waals surface area contributed by atoms with Crippen LogP contribution in [0.2, 0.25) is 5.02 Å². The lowest BCUT2D eigenvalue weighted by Crippen LogP contribution is -2.26. The second kappa shape index (κ2) is 6.20. The molecule has 1 aromatic carbocycles. The summed E-state index contributed by atoms with van der Waals surface area (Å²) in [5, 5.41) is 1.54. The molecule has 0 bridgehead atoms. The molecule has 0 aliphatic carbocycles. The minimum absolute atomic E-state index is 0.318. The van der Waals surface area contributed by atoms with Crippen molar-refractivity contribution < 1.29 is 13.6 Å². The third-order valence-corrected chi connectivity index (χ3v) is 4.57. The van der Waals surface area contributed by atoms with Crippen LogP contribution in [-0.2, 0) is 6.54 Å². The van der Waals surface area contributed by atoms with Crippen LogP contribution in [0.4, 0.5) is 8.78 Å². The molecule has 0 aliphatic heterocycles. The molecule has 0 atom stereocenters. The van der Waals surface area contributed by atoms with Gasteiger partial charge in [0.15, 0.2) is 0 Å². The Kier molecular flexibility index (Phi) is 4.78. The van der Waals surface area contributed by atoms with Crippen LogP contribution < -0.4 is 0 Å². The van der Waals surface area contributed by atoms with Crippen molar-refractivity contribution in [3.63, 3.8) is 0 Å². The Labute approximate surface area is 132 Å². The highest BCUT2D eigenvalue weighted by Crippen LogP contribution is 2.23. The topological polar surface area (TPSA) is 20.3 Å². The molecule has 1 amide bonds. The summed E-state index contributed by atoms with van der Waals surface area (Å²) < 4.78 is 27.9. The van der Waals surface area contributed by atoms with Crippen molar-refractivity contribution in [2.45, 2.75) is 6.54 Å².